The van der Waals surface area contributed by atoms with Crippen molar-refractivity contribution in [3.05, 3.63) is 45.6 Å². The second-order valence-corrected chi connectivity index (χ2v) is 5.90. The minimum atomic E-state index is -0.520. The highest BCUT2D eigenvalue weighted by atomic mass is 16.6. The Bertz CT molecular complexity index is 783. The average molecular weight is 345 g/mol. The number of carbonyl (C=O) groups excluding carboxylic acids is 1. The number of amides is 1. The van der Waals surface area contributed by atoms with Crippen molar-refractivity contribution < 1.29 is 14.2 Å². The van der Waals surface area contributed by atoms with E-state index in [9.17, 15) is 14.9 Å². The maximum atomic E-state index is 12.6. The zero-order valence-electron chi connectivity index (χ0n) is 13.9. The molecule has 2 aromatic rings. The van der Waals surface area contributed by atoms with Crippen molar-refractivity contribution in [3.63, 3.8) is 0 Å². The van der Waals surface area contributed by atoms with Gasteiger partial charge in [0.2, 0.25) is 5.89 Å². The maximum absolute atomic E-state index is 12.6. The molecule has 1 aromatic carbocycles. The predicted molar refractivity (Wildman–Crippen MR) is 89.5 cm³/mol. The van der Waals surface area contributed by atoms with E-state index < -0.39 is 4.92 Å². The monoisotopic (exact) mass is 345 g/mol. The summed E-state index contributed by atoms with van der Waals surface area (Å²) in [4.78, 5) is 29.1. The molecule has 0 bridgehead atoms. The Morgan fingerprint density at radius 1 is 1.40 bits per heavy atom. The van der Waals surface area contributed by atoms with E-state index in [4.69, 9.17) is 4.52 Å². The molecule has 1 N–H and O–H groups in total. The highest BCUT2D eigenvalue weighted by Crippen LogP contribution is 2.25. The number of anilines is 1. The standard InChI is InChI=1S/C16H19N5O4/c1-11-18-15(25-19-11)6-7-17-12-4-5-14(21(23)24)13(10-12)16(22)20-8-2-3-9-20/h4-5,10,17H,2-3,6-9H2,1H3. The predicted octanol–water partition coefficient (Wildman–Crippen LogP) is 2.18. The van der Waals surface area contributed by atoms with Crippen LogP contribution in [0.15, 0.2) is 22.7 Å². The first-order valence-electron chi connectivity index (χ1n) is 8.15. The fraction of sp³-hybridized carbons (Fsp3) is 0.438. The molecular weight excluding hydrogens is 326 g/mol. The number of nitrogens with one attached hydrogen (secondary N) is 1. The van der Waals surface area contributed by atoms with Crippen LogP contribution < -0.4 is 5.32 Å². The largest absolute Gasteiger partial charge is 0.385 e. The van der Waals surface area contributed by atoms with Crippen molar-refractivity contribution in [2.75, 3.05) is 25.0 Å². The van der Waals surface area contributed by atoms with Crippen molar-refractivity contribution in [3.8, 4) is 0 Å². The first-order valence-corrected chi connectivity index (χ1v) is 8.15. The zero-order chi connectivity index (χ0) is 17.8. The highest BCUT2D eigenvalue weighted by molar-refractivity contribution is 5.99. The average Bonchev–Trinajstić information content (AvgIpc) is 3.26. The second kappa shape index (κ2) is 7.29. The number of rotatable bonds is 6. The van der Waals surface area contributed by atoms with Crippen LogP contribution in [-0.2, 0) is 6.42 Å². The van der Waals surface area contributed by atoms with Gasteiger partial charge < -0.3 is 14.7 Å². The molecule has 0 saturated carbocycles. The van der Waals surface area contributed by atoms with Crippen molar-refractivity contribution in [2.45, 2.75) is 26.2 Å². The Kier molecular flexibility index (Phi) is 4.92. The summed E-state index contributed by atoms with van der Waals surface area (Å²) >= 11 is 0. The number of nitro groups is 1. The molecule has 2 heterocycles. The Morgan fingerprint density at radius 3 is 2.80 bits per heavy atom. The van der Waals surface area contributed by atoms with Crippen LogP contribution in [-0.4, -0.2) is 45.5 Å². The number of carbonyl (C=O) groups is 1. The summed E-state index contributed by atoms with van der Waals surface area (Å²) in [5.74, 6) is 0.796. The van der Waals surface area contributed by atoms with Gasteiger partial charge >= 0.3 is 0 Å². The molecule has 1 aromatic heterocycles. The van der Waals surface area contributed by atoms with Crippen LogP contribution in [0.5, 0.6) is 0 Å². The van der Waals surface area contributed by atoms with Crippen molar-refractivity contribution >= 4 is 17.3 Å². The quantitative estimate of drug-likeness (QED) is 0.630. The van der Waals surface area contributed by atoms with Crippen LogP contribution in [0, 0.1) is 17.0 Å². The smallest absolute Gasteiger partial charge is 0.282 e. The van der Waals surface area contributed by atoms with Crippen LogP contribution in [0.25, 0.3) is 0 Å². The lowest BCUT2D eigenvalue weighted by Crippen LogP contribution is -2.28. The fourth-order valence-electron chi connectivity index (χ4n) is 2.82. The van der Waals surface area contributed by atoms with Crippen LogP contribution in [0.3, 0.4) is 0 Å². The van der Waals surface area contributed by atoms with Gasteiger partial charge in [-0.25, -0.2) is 0 Å². The number of aryl methyl sites for hydroxylation is 1. The van der Waals surface area contributed by atoms with Crippen LogP contribution >= 0.6 is 0 Å². The van der Waals surface area contributed by atoms with Gasteiger partial charge in [0.1, 0.15) is 5.56 Å². The topological polar surface area (TPSA) is 114 Å². The Morgan fingerprint density at radius 2 is 2.16 bits per heavy atom. The first-order chi connectivity index (χ1) is 12.0. The SMILES string of the molecule is Cc1noc(CCNc2ccc([N+](=O)[O-])c(C(=O)N3CCCC3)c2)n1. The lowest BCUT2D eigenvalue weighted by Gasteiger charge is -2.16. The molecule has 25 heavy (non-hydrogen) atoms. The molecule has 0 radical (unpaired) electrons. The summed E-state index contributed by atoms with van der Waals surface area (Å²) in [6.45, 7) is 3.54. The number of aromatic nitrogens is 2. The van der Waals surface area contributed by atoms with E-state index in [1.54, 1.807) is 17.9 Å². The van der Waals surface area contributed by atoms with Gasteiger partial charge in [0.15, 0.2) is 5.82 Å². The summed E-state index contributed by atoms with van der Waals surface area (Å²) in [6, 6.07) is 4.50. The van der Waals surface area contributed by atoms with Gasteiger partial charge in [-0.2, -0.15) is 4.98 Å². The van der Waals surface area contributed by atoms with Gasteiger partial charge in [-0.1, -0.05) is 5.16 Å². The number of hydrogen-bond acceptors (Lipinski definition) is 7. The second-order valence-electron chi connectivity index (χ2n) is 5.90. The van der Waals surface area contributed by atoms with Crippen molar-refractivity contribution in [1.82, 2.24) is 15.0 Å². The number of likely N-dealkylation sites (tertiary alicyclic amines) is 1. The number of hydrogen-bond donors (Lipinski definition) is 1. The summed E-state index contributed by atoms with van der Waals surface area (Å²) in [6.07, 6.45) is 2.38. The molecule has 1 saturated heterocycles. The lowest BCUT2D eigenvalue weighted by molar-refractivity contribution is -0.385. The molecule has 0 aliphatic carbocycles. The molecule has 9 heteroatoms. The fourth-order valence-corrected chi connectivity index (χ4v) is 2.82. The van der Waals surface area contributed by atoms with E-state index in [0.717, 1.165) is 12.8 Å². The molecular formula is C16H19N5O4. The van der Waals surface area contributed by atoms with Gasteiger partial charge in [0.25, 0.3) is 11.6 Å². The van der Waals surface area contributed by atoms with E-state index in [0.29, 0.717) is 43.5 Å². The summed E-state index contributed by atoms with van der Waals surface area (Å²) in [7, 11) is 0. The number of nitro benzene ring substituents is 1. The van der Waals surface area contributed by atoms with E-state index in [1.165, 1.54) is 12.1 Å². The maximum Gasteiger partial charge on any atom is 0.282 e. The first kappa shape index (κ1) is 16.9. The molecule has 0 atom stereocenters. The minimum absolute atomic E-state index is 0.116. The molecule has 1 amide bonds. The van der Waals surface area contributed by atoms with Crippen LogP contribution in [0.2, 0.25) is 0 Å². The number of benzene rings is 1. The van der Waals surface area contributed by atoms with Crippen molar-refractivity contribution in [1.29, 1.82) is 0 Å². The van der Waals surface area contributed by atoms with Gasteiger partial charge in [0.05, 0.1) is 4.92 Å². The van der Waals surface area contributed by atoms with Gasteiger partial charge in [-0.3, -0.25) is 14.9 Å². The van der Waals surface area contributed by atoms with Gasteiger partial charge in [0, 0.05) is 37.8 Å². The van der Waals surface area contributed by atoms with Gasteiger partial charge in [-0.15, -0.1) is 0 Å². The lowest BCUT2D eigenvalue weighted by atomic mass is 10.1. The highest BCUT2D eigenvalue weighted by Gasteiger charge is 2.26. The third-order valence-corrected chi connectivity index (χ3v) is 4.05. The van der Waals surface area contributed by atoms with E-state index in [-0.39, 0.29) is 17.2 Å². The third-order valence-electron chi connectivity index (χ3n) is 4.05. The summed E-state index contributed by atoms with van der Waals surface area (Å²) in [5, 5.41) is 18.1. The third kappa shape index (κ3) is 3.93. The van der Waals surface area contributed by atoms with Crippen LogP contribution in [0.4, 0.5) is 11.4 Å². The molecule has 132 valence electrons. The van der Waals surface area contributed by atoms with Gasteiger partial charge in [-0.05, 0) is 31.9 Å². The molecule has 9 nitrogen and oxygen atoms in total. The minimum Gasteiger partial charge on any atom is -0.385 e. The number of nitrogens with zero attached hydrogens (tertiary/aromatic N) is 4. The Balaban J connectivity index is 1.72. The molecule has 1 aliphatic rings. The zero-order valence-corrected chi connectivity index (χ0v) is 13.9. The molecule has 0 unspecified atom stereocenters. The molecule has 3 rings (SSSR count). The van der Waals surface area contributed by atoms with Crippen molar-refractivity contribution in [2.24, 2.45) is 0 Å². The summed E-state index contributed by atoms with van der Waals surface area (Å²) < 4.78 is 5.03. The normalized spacial score (nSPS) is 13.9. The molecule has 1 aliphatic heterocycles. The van der Waals surface area contributed by atoms with E-state index in [1.807, 2.05) is 0 Å². The Hall–Kier alpha value is -2.97. The van der Waals surface area contributed by atoms with E-state index in [2.05, 4.69) is 15.5 Å². The summed E-state index contributed by atoms with van der Waals surface area (Å²) in [5.41, 5.74) is 0.588. The Labute approximate surface area is 144 Å². The molecule has 0 spiro atoms. The molecule has 1 fully saturated rings. The van der Waals surface area contributed by atoms with E-state index >= 15 is 0 Å². The van der Waals surface area contributed by atoms with Crippen LogP contribution in [0.1, 0.15) is 34.9 Å².